The van der Waals surface area contributed by atoms with E-state index >= 15 is 0 Å². The zero-order chi connectivity index (χ0) is 16.2. The van der Waals surface area contributed by atoms with E-state index in [0.717, 1.165) is 22.5 Å². The largest absolute Gasteiger partial charge is 0.481 e. The first-order valence-electron chi connectivity index (χ1n) is 5.57. The second-order valence-corrected chi connectivity index (χ2v) is 6.39. The van der Waals surface area contributed by atoms with Crippen LogP contribution in [0.2, 0.25) is 5.02 Å². The number of sulfonamides is 1. The third-order valence-electron chi connectivity index (χ3n) is 2.47. The van der Waals surface area contributed by atoms with Crippen molar-refractivity contribution in [1.29, 1.82) is 0 Å². The minimum Gasteiger partial charge on any atom is -0.481 e. The van der Waals surface area contributed by atoms with Gasteiger partial charge in [0.15, 0.2) is 0 Å². The monoisotopic (exact) mass is 343 g/mol. The van der Waals surface area contributed by atoms with E-state index in [9.17, 15) is 22.0 Å². The molecule has 0 unspecified atom stereocenters. The van der Waals surface area contributed by atoms with Gasteiger partial charge in [-0.1, -0.05) is 11.6 Å². The number of benzene rings is 1. The molecule has 0 fully saturated rings. The number of aliphatic carboxylic acids is 1. The average molecular weight is 344 g/mol. The maximum atomic E-state index is 12.1. The Morgan fingerprint density at radius 2 is 2.10 bits per heavy atom. The van der Waals surface area contributed by atoms with Gasteiger partial charge in [-0.05, 0) is 18.2 Å². The summed E-state index contributed by atoms with van der Waals surface area (Å²) in [4.78, 5) is 10.2. The second kappa shape index (κ2) is 7.01. The van der Waals surface area contributed by atoms with E-state index < -0.39 is 22.6 Å². The summed E-state index contributed by atoms with van der Waals surface area (Å²) in [5.74, 6) is -1.49. The van der Waals surface area contributed by atoms with Crippen LogP contribution < -0.4 is 4.74 Å². The van der Waals surface area contributed by atoms with Crippen molar-refractivity contribution < 1.29 is 31.8 Å². The number of halogens is 3. The first-order valence-corrected chi connectivity index (χ1v) is 7.39. The van der Waals surface area contributed by atoms with Crippen molar-refractivity contribution >= 4 is 27.6 Å². The Morgan fingerprint density at radius 3 is 2.57 bits per heavy atom. The normalized spacial score (nSPS) is 11.9. The van der Waals surface area contributed by atoms with Crippen LogP contribution in [-0.4, -0.2) is 44.0 Å². The minimum absolute atomic E-state index is 0.232. The molecule has 0 heterocycles. The highest BCUT2D eigenvalue weighted by Gasteiger charge is 2.22. The number of hydrogen-bond donors (Lipinski definition) is 1. The highest BCUT2D eigenvalue weighted by atomic mass is 35.5. The lowest BCUT2D eigenvalue weighted by atomic mass is 10.3. The van der Waals surface area contributed by atoms with Crippen molar-refractivity contribution in [3.8, 4) is 5.75 Å². The second-order valence-electron chi connectivity index (χ2n) is 3.94. The maximum absolute atomic E-state index is 12.1. The van der Waals surface area contributed by atoms with Gasteiger partial charge in [-0.2, -0.15) is 8.78 Å². The van der Waals surface area contributed by atoms with Gasteiger partial charge in [0, 0.05) is 13.6 Å². The van der Waals surface area contributed by atoms with Crippen LogP contribution in [0.3, 0.4) is 0 Å². The highest BCUT2D eigenvalue weighted by Crippen LogP contribution is 2.29. The molecule has 0 atom stereocenters. The summed E-state index contributed by atoms with van der Waals surface area (Å²) in [5.41, 5.74) is 0. The summed E-state index contributed by atoms with van der Waals surface area (Å²) in [5, 5.41) is 8.24. The van der Waals surface area contributed by atoms with Gasteiger partial charge in [0.2, 0.25) is 10.0 Å². The van der Waals surface area contributed by atoms with E-state index in [1.54, 1.807) is 0 Å². The molecule has 1 aromatic carbocycles. The molecule has 0 aromatic heterocycles. The summed E-state index contributed by atoms with van der Waals surface area (Å²) >= 11 is 5.68. The molecular weight excluding hydrogens is 332 g/mol. The number of hydrogen-bond acceptors (Lipinski definition) is 4. The lowest BCUT2D eigenvalue weighted by Crippen LogP contribution is -2.29. The molecular formula is C11H12ClF2NO5S. The van der Waals surface area contributed by atoms with E-state index in [4.69, 9.17) is 16.7 Å². The molecule has 0 saturated heterocycles. The van der Waals surface area contributed by atoms with Crippen LogP contribution in [0.25, 0.3) is 0 Å². The fourth-order valence-corrected chi connectivity index (χ4v) is 2.87. The number of carboxylic acid groups (broad SMARTS) is 1. The molecule has 0 amide bonds. The number of nitrogens with zero attached hydrogens (tertiary/aromatic N) is 1. The molecule has 0 aliphatic heterocycles. The number of carboxylic acids is 1. The van der Waals surface area contributed by atoms with Gasteiger partial charge in [-0.25, -0.2) is 12.7 Å². The fraction of sp³-hybridized carbons (Fsp3) is 0.364. The van der Waals surface area contributed by atoms with Crippen molar-refractivity contribution in [3.63, 3.8) is 0 Å². The van der Waals surface area contributed by atoms with Crippen LogP contribution in [0.1, 0.15) is 6.42 Å². The van der Waals surface area contributed by atoms with Crippen molar-refractivity contribution in [2.75, 3.05) is 13.6 Å². The van der Waals surface area contributed by atoms with E-state index in [2.05, 4.69) is 4.74 Å². The predicted octanol–water partition coefficient (Wildman–Crippen LogP) is 2.04. The Hall–Kier alpha value is -1.45. The van der Waals surface area contributed by atoms with Gasteiger partial charge in [-0.15, -0.1) is 0 Å². The van der Waals surface area contributed by atoms with Crippen LogP contribution in [-0.2, 0) is 14.8 Å². The Bertz CT molecular complexity index is 623. The third-order valence-corrected chi connectivity index (χ3v) is 4.62. The van der Waals surface area contributed by atoms with Gasteiger partial charge < -0.3 is 9.84 Å². The zero-order valence-electron chi connectivity index (χ0n) is 10.8. The lowest BCUT2D eigenvalue weighted by Gasteiger charge is -2.17. The Kier molecular flexibility index (Phi) is 5.87. The standard InChI is InChI=1S/C11H12ClF2NO5S/c1-15(5-4-10(16)17)21(18,19)7-2-3-9(8(12)6-7)20-11(13)14/h2-3,6,11H,4-5H2,1H3,(H,16,17). The van der Waals surface area contributed by atoms with E-state index in [1.165, 1.54) is 7.05 Å². The number of ether oxygens (including phenoxy) is 1. The van der Waals surface area contributed by atoms with Crippen LogP contribution >= 0.6 is 11.6 Å². The SMILES string of the molecule is CN(CCC(=O)O)S(=O)(=O)c1ccc(OC(F)F)c(Cl)c1. The quantitative estimate of drug-likeness (QED) is 0.819. The summed E-state index contributed by atoms with van der Waals surface area (Å²) in [6.45, 7) is -3.31. The van der Waals surface area contributed by atoms with Crippen LogP contribution in [0.4, 0.5) is 8.78 Å². The molecule has 0 spiro atoms. The van der Waals surface area contributed by atoms with Crippen molar-refractivity contribution in [2.24, 2.45) is 0 Å². The average Bonchev–Trinajstić information content (AvgIpc) is 2.37. The van der Waals surface area contributed by atoms with E-state index in [-0.39, 0.29) is 28.6 Å². The van der Waals surface area contributed by atoms with Gasteiger partial charge in [-0.3, -0.25) is 4.79 Å². The van der Waals surface area contributed by atoms with Crippen LogP contribution in [0, 0.1) is 0 Å². The molecule has 1 N–H and O–H groups in total. The molecule has 6 nitrogen and oxygen atoms in total. The van der Waals surface area contributed by atoms with Gasteiger partial charge in [0.05, 0.1) is 16.3 Å². The molecule has 0 aliphatic rings. The van der Waals surface area contributed by atoms with Gasteiger partial charge in [0.25, 0.3) is 0 Å². The van der Waals surface area contributed by atoms with Crippen molar-refractivity contribution in [2.45, 2.75) is 17.9 Å². The Morgan fingerprint density at radius 1 is 1.48 bits per heavy atom. The predicted molar refractivity (Wildman–Crippen MR) is 70.2 cm³/mol. The number of carbonyl (C=O) groups is 1. The maximum Gasteiger partial charge on any atom is 0.387 e. The molecule has 0 bridgehead atoms. The fourth-order valence-electron chi connectivity index (χ4n) is 1.39. The molecule has 1 rings (SSSR count). The topological polar surface area (TPSA) is 83.9 Å². The first kappa shape index (κ1) is 17.6. The lowest BCUT2D eigenvalue weighted by molar-refractivity contribution is -0.137. The van der Waals surface area contributed by atoms with Gasteiger partial charge >= 0.3 is 12.6 Å². The summed E-state index contributed by atoms with van der Waals surface area (Å²) < 4.78 is 53.3. The summed E-state index contributed by atoms with van der Waals surface area (Å²) in [7, 11) is -2.76. The van der Waals surface area contributed by atoms with Crippen molar-refractivity contribution in [1.82, 2.24) is 4.31 Å². The number of alkyl halides is 2. The Balaban J connectivity index is 2.98. The smallest absolute Gasteiger partial charge is 0.387 e. The molecule has 0 radical (unpaired) electrons. The first-order chi connectivity index (χ1) is 9.64. The molecule has 1 aromatic rings. The summed E-state index contributed by atoms with van der Waals surface area (Å²) in [6, 6.07) is 3.02. The summed E-state index contributed by atoms with van der Waals surface area (Å²) in [6.07, 6.45) is -0.365. The molecule has 21 heavy (non-hydrogen) atoms. The third kappa shape index (κ3) is 4.80. The molecule has 10 heteroatoms. The molecule has 0 aliphatic carbocycles. The van der Waals surface area contributed by atoms with E-state index in [1.807, 2.05) is 0 Å². The molecule has 118 valence electrons. The van der Waals surface area contributed by atoms with Crippen LogP contribution in [0.15, 0.2) is 23.1 Å². The minimum atomic E-state index is -3.96. The van der Waals surface area contributed by atoms with Crippen molar-refractivity contribution in [3.05, 3.63) is 23.2 Å². The highest BCUT2D eigenvalue weighted by molar-refractivity contribution is 7.89. The Labute approximate surface area is 124 Å². The van der Waals surface area contributed by atoms with Crippen LogP contribution in [0.5, 0.6) is 5.75 Å². The zero-order valence-corrected chi connectivity index (χ0v) is 12.4. The number of rotatable bonds is 7. The van der Waals surface area contributed by atoms with E-state index in [0.29, 0.717) is 0 Å². The molecule has 0 saturated carbocycles. The van der Waals surface area contributed by atoms with Gasteiger partial charge in [0.1, 0.15) is 5.75 Å².